The molecular formula is C20H22N6O2. The van der Waals surface area contributed by atoms with Crippen molar-refractivity contribution in [1.29, 1.82) is 0 Å². The first kappa shape index (κ1) is 19.2. The van der Waals surface area contributed by atoms with Gasteiger partial charge in [0, 0.05) is 23.4 Å². The van der Waals surface area contributed by atoms with Crippen molar-refractivity contribution in [2.45, 2.75) is 33.4 Å². The number of nitrogens with two attached hydrogens (primary N) is 1. The molecule has 0 bridgehead atoms. The standard InChI is InChI=1S/C20H22N6O2/c1-12(2)28-18-8-17(25-20(21)26-18)14-5-4-6-15(7-14)19(27)24-11-16-10-22-13(3)9-23-16/h4-10,12H,11H2,1-3H3,(H,24,27)(H2,21,25,26). The van der Waals surface area contributed by atoms with Gasteiger partial charge in [0.2, 0.25) is 11.8 Å². The molecule has 1 aromatic carbocycles. The molecule has 3 aromatic rings. The van der Waals surface area contributed by atoms with Gasteiger partial charge < -0.3 is 15.8 Å². The highest BCUT2D eigenvalue weighted by molar-refractivity contribution is 5.95. The number of aryl methyl sites for hydroxylation is 1. The molecule has 2 heterocycles. The van der Waals surface area contributed by atoms with Gasteiger partial charge in [0.25, 0.3) is 5.91 Å². The van der Waals surface area contributed by atoms with E-state index in [1.807, 2.05) is 26.8 Å². The second-order valence-corrected chi connectivity index (χ2v) is 6.53. The number of anilines is 1. The molecule has 0 fully saturated rings. The Morgan fingerprint density at radius 3 is 2.71 bits per heavy atom. The number of amides is 1. The number of carbonyl (C=O) groups is 1. The first-order valence-corrected chi connectivity index (χ1v) is 8.88. The number of rotatable bonds is 6. The van der Waals surface area contributed by atoms with E-state index in [1.54, 1.807) is 36.7 Å². The van der Waals surface area contributed by atoms with E-state index in [4.69, 9.17) is 10.5 Å². The van der Waals surface area contributed by atoms with Gasteiger partial charge in [-0.25, -0.2) is 4.98 Å². The Kier molecular flexibility index (Phi) is 5.78. The van der Waals surface area contributed by atoms with E-state index < -0.39 is 0 Å². The van der Waals surface area contributed by atoms with Crippen LogP contribution in [0.5, 0.6) is 5.88 Å². The minimum absolute atomic E-state index is 0.0378. The van der Waals surface area contributed by atoms with Crippen LogP contribution >= 0.6 is 0 Å². The van der Waals surface area contributed by atoms with E-state index >= 15 is 0 Å². The summed E-state index contributed by atoms with van der Waals surface area (Å²) < 4.78 is 5.61. The number of ether oxygens (including phenoxy) is 1. The summed E-state index contributed by atoms with van der Waals surface area (Å²) in [5, 5.41) is 2.84. The first-order chi connectivity index (χ1) is 13.4. The van der Waals surface area contributed by atoms with Gasteiger partial charge in [-0.3, -0.25) is 14.8 Å². The first-order valence-electron chi connectivity index (χ1n) is 8.88. The third-order valence-corrected chi connectivity index (χ3v) is 3.76. The number of nitrogen functional groups attached to an aromatic ring is 1. The maximum atomic E-state index is 12.5. The van der Waals surface area contributed by atoms with Crippen molar-refractivity contribution in [3.63, 3.8) is 0 Å². The molecule has 8 nitrogen and oxygen atoms in total. The van der Waals surface area contributed by atoms with Crippen LogP contribution in [0.15, 0.2) is 42.7 Å². The largest absolute Gasteiger partial charge is 0.475 e. The predicted molar refractivity (Wildman–Crippen MR) is 106 cm³/mol. The maximum Gasteiger partial charge on any atom is 0.251 e. The van der Waals surface area contributed by atoms with Crippen LogP contribution in [-0.4, -0.2) is 31.9 Å². The van der Waals surface area contributed by atoms with Crippen LogP contribution in [0.1, 0.15) is 35.6 Å². The number of aromatic nitrogens is 4. The van der Waals surface area contributed by atoms with Gasteiger partial charge in [-0.05, 0) is 32.9 Å². The number of carbonyl (C=O) groups excluding carboxylic acids is 1. The molecule has 1 amide bonds. The van der Waals surface area contributed by atoms with Crippen LogP contribution in [0.4, 0.5) is 5.95 Å². The summed E-state index contributed by atoms with van der Waals surface area (Å²) in [5.41, 5.74) is 9.14. The fourth-order valence-corrected chi connectivity index (χ4v) is 2.50. The highest BCUT2D eigenvalue weighted by Gasteiger charge is 2.11. The second kappa shape index (κ2) is 8.43. The molecule has 2 aromatic heterocycles. The lowest BCUT2D eigenvalue weighted by molar-refractivity contribution is 0.0950. The molecule has 0 atom stereocenters. The second-order valence-electron chi connectivity index (χ2n) is 6.53. The van der Waals surface area contributed by atoms with Crippen LogP contribution in [0, 0.1) is 6.92 Å². The van der Waals surface area contributed by atoms with Crippen molar-refractivity contribution in [1.82, 2.24) is 25.3 Å². The van der Waals surface area contributed by atoms with Gasteiger partial charge in [-0.2, -0.15) is 4.98 Å². The zero-order valence-electron chi connectivity index (χ0n) is 16.0. The summed E-state index contributed by atoms with van der Waals surface area (Å²) in [7, 11) is 0. The Morgan fingerprint density at radius 1 is 1.18 bits per heavy atom. The molecule has 8 heteroatoms. The lowest BCUT2D eigenvalue weighted by Crippen LogP contribution is -2.23. The van der Waals surface area contributed by atoms with E-state index in [1.165, 1.54) is 0 Å². The van der Waals surface area contributed by atoms with Gasteiger partial charge >= 0.3 is 0 Å². The summed E-state index contributed by atoms with van der Waals surface area (Å²) >= 11 is 0. The lowest BCUT2D eigenvalue weighted by Gasteiger charge is -2.11. The SMILES string of the molecule is Cc1cnc(CNC(=O)c2cccc(-c3cc(OC(C)C)nc(N)n3)c2)cn1. The predicted octanol–water partition coefficient (Wildman–Crippen LogP) is 2.54. The van der Waals surface area contributed by atoms with E-state index in [9.17, 15) is 4.79 Å². The molecule has 28 heavy (non-hydrogen) atoms. The van der Waals surface area contributed by atoms with Crippen molar-refractivity contribution < 1.29 is 9.53 Å². The van der Waals surface area contributed by atoms with Crippen molar-refractivity contribution in [2.24, 2.45) is 0 Å². The molecule has 3 rings (SSSR count). The van der Waals surface area contributed by atoms with E-state index in [0.717, 1.165) is 11.3 Å². The average molecular weight is 378 g/mol. The Labute approximate surface area is 163 Å². The molecule has 0 saturated carbocycles. The summed E-state index contributed by atoms with van der Waals surface area (Å²) in [5.74, 6) is 0.288. The van der Waals surface area contributed by atoms with Gasteiger partial charge in [0.05, 0.1) is 35.9 Å². The van der Waals surface area contributed by atoms with Crippen molar-refractivity contribution in [3.8, 4) is 17.1 Å². The molecule has 0 aliphatic rings. The minimum Gasteiger partial charge on any atom is -0.475 e. The third-order valence-electron chi connectivity index (χ3n) is 3.76. The molecule has 144 valence electrons. The number of hydrogen-bond acceptors (Lipinski definition) is 7. The topological polar surface area (TPSA) is 116 Å². The Hall–Kier alpha value is -3.55. The summed E-state index contributed by atoms with van der Waals surface area (Å²) in [6, 6.07) is 8.82. The zero-order valence-corrected chi connectivity index (χ0v) is 16.0. The minimum atomic E-state index is -0.218. The maximum absolute atomic E-state index is 12.5. The third kappa shape index (κ3) is 5.00. The fraction of sp³-hybridized carbons (Fsp3) is 0.250. The highest BCUT2D eigenvalue weighted by Crippen LogP contribution is 2.23. The molecule has 3 N–H and O–H groups in total. The number of benzene rings is 1. The van der Waals surface area contributed by atoms with Crippen molar-refractivity contribution in [3.05, 3.63) is 59.7 Å². The smallest absolute Gasteiger partial charge is 0.251 e. The highest BCUT2D eigenvalue weighted by atomic mass is 16.5. The monoisotopic (exact) mass is 378 g/mol. The average Bonchev–Trinajstić information content (AvgIpc) is 2.66. The number of nitrogens with zero attached hydrogens (tertiary/aromatic N) is 4. The van der Waals surface area contributed by atoms with Crippen LogP contribution in [0.2, 0.25) is 0 Å². The fourth-order valence-electron chi connectivity index (χ4n) is 2.50. The summed E-state index contributed by atoms with van der Waals surface area (Å²) in [4.78, 5) is 29.2. The van der Waals surface area contributed by atoms with E-state index in [2.05, 4.69) is 25.3 Å². The van der Waals surface area contributed by atoms with E-state index in [-0.39, 0.29) is 18.0 Å². The quantitative estimate of drug-likeness (QED) is 0.677. The van der Waals surface area contributed by atoms with Gasteiger partial charge in [0.15, 0.2) is 0 Å². The molecule has 0 spiro atoms. The van der Waals surface area contributed by atoms with Crippen LogP contribution in [0.25, 0.3) is 11.3 Å². The number of nitrogens with one attached hydrogen (secondary N) is 1. The van der Waals surface area contributed by atoms with Gasteiger partial charge in [0.1, 0.15) is 0 Å². The normalized spacial score (nSPS) is 10.7. The van der Waals surface area contributed by atoms with Crippen molar-refractivity contribution in [2.75, 3.05) is 5.73 Å². The molecule has 0 aliphatic carbocycles. The van der Waals surface area contributed by atoms with Crippen LogP contribution in [0.3, 0.4) is 0 Å². The van der Waals surface area contributed by atoms with Gasteiger partial charge in [-0.15, -0.1) is 0 Å². The van der Waals surface area contributed by atoms with Crippen LogP contribution in [-0.2, 0) is 6.54 Å². The van der Waals surface area contributed by atoms with Crippen molar-refractivity contribution >= 4 is 11.9 Å². The molecule has 0 radical (unpaired) electrons. The van der Waals surface area contributed by atoms with Gasteiger partial charge in [-0.1, -0.05) is 12.1 Å². The molecule has 0 unspecified atom stereocenters. The van der Waals surface area contributed by atoms with E-state index in [0.29, 0.717) is 29.4 Å². The molecule has 0 aliphatic heterocycles. The Morgan fingerprint density at radius 2 is 2.00 bits per heavy atom. The molecular weight excluding hydrogens is 356 g/mol. The number of hydrogen-bond donors (Lipinski definition) is 2. The zero-order chi connectivity index (χ0) is 20.1. The summed E-state index contributed by atoms with van der Waals surface area (Å²) in [6.07, 6.45) is 3.27. The van der Waals surface area contributed by atoms with Crippen LogP contribution < -0.4 is 15.8 Å². The Bertz CT molecular complexity index is 973. The molecule has 0 saturated heterocycles. The Balaban J connectivity index is 1.77. The lowest BCUT2D eigenvalue weighted by atomic mass is 10.1. The summed E-state index contributed by atoms with van der Waals surface area (Å²) in [6.45, 7) is 5.96.